The number of quaternary nitrogens is 1. The zero-order valence-corrected chi connectivity index (χ0v) is 46.4. The number of rotatable bonds is 35. The highest BCUT2D eigenvalue weighted by molar-refractivity contribution is 7.45. The lowest BCUT2D eigenvalue weighted by Gasteiger charge is -2.58. The third-order valence-electron chi connectivity index (χ3n) is 17.2. The largest absolute Gasteiger partial charge is 0.756 e. The van der Waals surface area contributed by atoms with E-state index in [0.717, 1.165) is 74.5 Å². The van der Waals surface area contributed by atoms with Crippen molar-refractivity contribution in [2.75, 3.05) is 47.5 Å². The Morgan fingerprint density at radius 2 is 1.35 bits per heavy atom. The third kappa shape index (κ3) is 20.6. The normalized spacial score (nSPS) is 27.3. The van der Waals surface area contributed by atoms with E-state index >= 15 is 0 Å². The first-order valence-electron chi connectivity index (χ1n) is 28.4. The van der Waals surface area contributed by atoms with Crippen molar-refractivity contribution in [1.82, 2.24) is 0 Å². The minimum absolute atomic E-state index is 0.0811. The van der Waals surface area contributed by atoms with Gasteiger partial charge in [-0.3, -0.25) is 18.9 Å². The summed E-state index contributed by atoms with van der Waals surface area (Å²) in [6, 6.07) is 0. The first kappa shape index (κ1) is 59.8. The van der Waals surface area contributed by atoms with Gasteiger partial charge in [0.2, 0.25) is 0 Å². The maximum absolute atomic E-state index is 13.2. The third-order valence-corrected chi connectivity index (χ3v) is 18.2. The predicted molar refractivity (Wildman–Crippen MR) is 275 cm³/mol. The SMILES string of the molecule is CCCCCCCCCCCCCCCCCC(=O)OC[C@@H](COP(=O)([O-])OCC[N+](C)(C)C)OC(=O)CCC(=O)O[C@H]1CC[C@@]2(C)C(=CC[C@H]3[C@@H]4CC[C@H]([C@H](C)CCCC(C)C)[C@@]4(C)CC[C@@H]32)C1. The van der Waals surface area contributed by atoms with Gasteiger partial charge in [0.25, 0.3) is 7.82 Å². The van der Waals surface area contributed by atoms with Crippen LogP contribution in [0.15, 0.2) is 11.6 Å². The summed E-state index contributed by atoms with van der Waals surface area (Å²) in [5, 5.41) is 0. The average molecular weight is 992 g/mol. The average Bonchev–Trinajstić information content (AvgIpc) is 3.64. The molecule has 0 amide bonds. The van der Waals surface area contributed by atoms with Crippen LogP contribution in [0.5, 0.6) is 0 Å². The van der Waals surface area contributed by atoms with Gasteiger partial charge in [0, 0.05) is 12.8 Å². The minimum Gasteiger partial charge on any atom is -0.756 e. The van der Waals surface area contributed by atoms with Gasteiger partial charge in [-0.25, -0.2) is 0 Å². The molecule has 69 heavy (non-hydrogen) atoms. The lowest BCUT2D eigenvalue weighted by Crippen LogP contribution is -2.51. The van der Waals surface area contributed by atoms with Gasteiger partial charge in [0.15, 0.2) is 6.10 Å². The van der Waals surface area contributed by atoms with Crippen LogP contribution in [0.3, 0.4) is 0 Å². The molecule has 0 aliphatic heterocycles. The van der Waals surface area contributed by atoms with E-state index in [4.69, 9.17) is 23.3 Å². The van der Waals surface area contributed by atoms with Crippen molar-refractivity contribution in [2.45, 2.75) is 240 Å². The first-order chi connectivity index (χ1) is 32.8. The van der Waals surface area contributed by atoms with Crippen molar-refractivity contribution in [2.24, 2.45) is 46.3 Å². The maximum Gasteiger partial charge on any atom is 0.306 e. The number of fused-ring (bicyclic) bond motifs is 5. The Bertz CT molecular complexity index is 1610. The maximum atomic E-state index is 13.2. The molecule has 1 unspecified atom stereocenters. The van der Waals surface area contributed by atoms with E-state index in [2.05, 4.69) is 47.6 Å². The van der Waals surface area contributed by atoms with Gasteiger partial charge in [-0.05, 0) is 97.7 Å². The molecule has 0 N–H and O–H groups in total. The number of phosphoric ester groups is 1. The summed E-state index contributed by atoms with van der Waals surface area (Å²) in [6.07, 6.45) is 32.3. The van der Waals surface area contributed by atoms with E-state index in [9.17, 15) is 23.8 Å². The lowest BCUT2D eigenvalue weighted by molar-refractivity contribution is -0.870. The molecule has 4 aliphatic carbocycles. The van der Waals surface area contributed by atoms with Gasteiger partial charge in [-0.1, -0.05) is 162 Å². The van der Waals surface area contributed by atoms with Crippen molar-refractivity contribution in [3.8, 4) is 0 Å². The molecule has 0 saturated heterocycles. The summed E-state index contributed by atoms with van der Waals surface area (Å²) in [7, 11) is 1.00. The molecule has 0 heterocycles. The highest BCUT2D eigenvalue weighted by Gasteiger charge is 2.59. The quantitative estimate of drug-likeness (QED) is 0.0151. The molecule has 0 aromatic rings. The minimum atomic E-state index is -4.74. The molecule has 400 valence electrons. The fourth-order valence-electron chi connectivity index (χ4n) is 13.1. The molecule has 12 heteroatoms. The second-order valence-corrected chi connectivity index (χ2v) is 25.6. The number of phosphoric acid groups is 1. The highest BCUT2D eigenvalue weighted by atomic mass is 31.2. The Hall–Kier alpha value is -1.78. The molecule has 11 nitrogen and oxygen atoms in total. The molecule has 4 rings (SSSR count). The Morgan fingerprint density at radius 1 is 0.725 bits per heavy atom. The summed E-state index contributed by atoms with van der Waals surface area (Å²) in [4.78, 5) is 51.6. The van der Waals surface area contributed by atoms with E-state index in [1.54, 1.807) is 0 Å². The summed E-state index contributed by atoms with van der Waals surface area (Å²) >= 11 is 0. The van der Waals surface area contributed by atoms with Crippen LogP contribution >= 0.6 is 7.82 Å². The standard InChI is InChI=1S/C57H102NO10P/c1-10-11-12-13-14-15-16-17-18-19-20-21-22-23-24-28-53(59)64-42-48(43-66-69(62,63)65-40-39-58(7,8)9)68-55(61)34-33-54(60)67-47-35-37-56(5)46(41-47)29-30-49-51-32-31-50(45(4)27-25-26-44(2)3)57(51,6)38-36-52(49)56/h29,44-45,47-52H,10-28,30-43H2,1-9H3/t45-,47+,48+,49+,50-,51+,52+,56+,57-/m1/s1. The van der Waals surface area contributed by atoms with E-state index in [1.165, 1.54) is 121 Å². The van der Waals surface area contributed by atoms with Crippen LogP contribution in [0.1, 0.15) is 228 Å². The Morgan fingerprint density at radius 3 is 1.97 bits per heavy atom. The van der Waals surface area contributed by atoms with Crippen molar-refractivity contribution >= 4 is 25.7 Å². The van der Waals surface area contributed by atoms with Crippen molar-refractivity contribution in [1.29, 1.82) is 0 Å². The number of carbonyl (C=O) groups is 3. The molecular formula is C57H102NO10P. The molecule has 0 aromatic heterocycles. The number of esters is 3. The highest BCUT2D eigenvalue weighted by Crippen LogP contribution is 2.67. The fraction of sp³-hybridized carbons (Fsp3) is 0.912. The van der Waals surface area contributed by atoms with Crippen molar-refractivity contribution in [3.63, 3.8) is 0 Å². The fourth-order valence-corrected chi connectivity index (χ4v) is 13.8. The zero-order valence-electron chi connectivity index (χ0n) is 45.5. The molecule has 0 bridgehead atoms. The van der Waals surface area contributed by atoms with Crippen molar-refractivity contribution < 1.29 is 51.6 Å². The van der Waals surface area contributed by atoms with Crippen molar-refractivity contribution in [3.05, 3.63) is 11.6 Å². The molecule has 0 aromatic carbocycles. The van der Waals surface area contributed by atoms with E-state index in [0.29, 0.717) is 28.8 Å². The molecule has 0 radical (unpaired) electrons. The topological polar surface area (TPSA) is 137 Å². The summed E-state index contributed by atoms with van der Waals surface area (Å²) in [5.74, 6) is 2.95. The van der Waals surface area contributed by atoms with E-state index < -0.39 is 38.4 Å². The first-order valence-corrected chi connectivity index (χ1v) is 29.9. The Kier molecular flexibility index (Phi) is 25.8. The van der Waals surface area contributed by atoms with Gasteiger partial charge in [-0.15, -0.1) is 0 Å². The number of unbranched alkanes of at least 4 members (excludes halogenated alkanes) is 14. The molecule has 0 spiro atoms. The van der Waals surface area contributed by atoms with Crippen LogP contribution in [-0.4, -0.2) is 82.1 Å². The number of hydrogen-bond acceptors (Lipinski definition) is 10. The molecule has 10 atom stereocenters. The van der Waals surface area contributed by atoms with Gasteiger partial charge in [-0.2, -0.15) is 0 Å². The molecular weight excluding hydrogens is 890 g/mol. The smallest absolute Gasteiger partial charge is 0.306 e. The second kappa shape index (κ2) is 29.8. The van der Waals surface area contributed by atoms with Crippen LogP contribution in [0.2, 0.25) is 0 Å². The summed E-state index contributed by atoms with van der Waals surface area (Å²) in [5.41, 5.74) is 2.02. The van der Waals surface area contributed by atoms with E-state index in [-0.39, 0.29) is 44.0 Å². The van der Waals surface area contributed by atoms with Gasteiger partial charge >= 0.3 is 17.9 Å². The van der Waals surface area contributed by atoms with Crippen LogP contribution in [0.25, 0.3) is 0 Å². The monoisotopic (exact) mass is 992 g/mol. The van der Waals surface area contributed by atoms with Crippen LogP contribution in [0.4, 0.5) is 0 Å². The summed E-state index contributed by atoms with van der Waals surface area (Å²) in [6.45, 7) is 14.0. The number of likely N-dealkylation sites (N-methyl/N-ethyl adjacent to an activating group) is 1. The van der Waals surface area contributed by atoms with Crippen LogP contribution in [0, 0.1) is 46.3 Å². The number of ether oxygens (including phenoxy) is 3. The Labute approximate surface area is 421 Å². The predicted octanol–water partition coefficient (Wildman–Crippen LogP) is 13.6. The number of hydrogen-bond donors (Lipinski definition) is 0. The van der Waals surface area contributed by atoms with Gasteiger partial charge in [0.05, 0.1) is 40.6 Å². The number of allylic oxidation sites excluding steroid dienone is 1. The summed E-state index contributed by atoms with van der Waals surface area (Å²) < 4.78 is 40.3. The number of nitrogens with zero attached hydrogens (tertiary/aromatic N) is 1. The lowest BCUT2D eigenvalue weighted by atomic mass is 9.47. The Balaban J connectivity index is 1.18. The molecule has 4 aliphatic rings. The molecule has 3 saturated carbocycles. The number of carbonyl (C=O) groups excluding carboxylic acids is 3. The van der Waals surface area contributed by atoms with E-state index in [1.807, 2.05) is 21.1 Å². The van der Waals surface area contributed by atoms with Crippen LogP contribution < -0.4 is 4.89 Å². The van der Waals surface area contributed by atoms with Gasteiger partial charge < -0.3 is 32.6 Å². The second-order valence-electron chi connectivity index (χ2n) is 24.2. The molecule has 3 fully saturated rings. The van der Waals surface area contributed by atoms with Gasteiger partial charge in [0.1, 0.15) is 25.9 Å². The van der Waals surface area contributed by atoms with Crippen LogP contribution in [-0.2, 0) is 42.2 Å². The zero-order chi connectivity index (χ0) is 50.5.